The molecule has 0 aliphatic carbocycles. The van der Waals surface area contributed by atoms with Gasteiger partial charge in [0.1, 0.15) is 6.20 Å². The zero-order chi connectivity index (χ0) is 5.82. The fourth-order valence-corrected chi connectivity index (χ4v) is 0.420. The zero-order valence-corrected chi connectivity index (χ0v) is 4.63. The van der Waals surface area contributed by atoms with Crippen LogP contribution >= 0.6 is 0 Å². The molecule has 0 aromatic carbocycles. The second-order valence-electron chi connectivity index (χ2n) is 1.30. The van der Waals surface area contributed by atoms with Gasteiger partial charge < -0.3 is 5.43 Å². The Morgan fingerprint density at radius 1 is 1.88 bits per heavy atom. The van der Waals surface area contributed by atoms with Crippen LogP contribution in [-0.4, -0.2) is 21.6 Å². The number of nitrogens with zero attached hydrogens (tertiary/aromatic N) is 3. The smallest absolute Gasteiger partial charge is 0.137 e. The summed E-state index contributed by atoms with van der Waals surface area (Å²) in [4.78, 5) is 1.51. The van der Waals surface area contributed by atoms with Crippen molar-refractivity contribution in [3.63, 3.8) is 0 Å². The van der Waals surface area contributed by atoms with E-state index in [2.05, 4.69) is 21.9 Å². The molecular formula is C4H7N4. The van der Waals surface area contributed by atoms with Crippen LogP contribution in [0.3, 0.4) is 0 Å². The number of rotatable bonds is 2. The fraction of sp³-hybridized carbons (Fsp3) is 0.500. The maximum atomic E-state index is 3.61. The third-order valence-electron chi connectivity index (χ3n) is 0.699. The quantitative estimate of drug-likeness (QED) is 0.566. The van der Waals surface area contributed by atoms with Crippen molar-refractivity contribution in [2.75, 3.05) is 12.0 Å². The largest absolute Gasteiger partial charge is 0.309 e. The Bertz CT molecular complexity index is 134. The van der Waals surface area contributed by atoms with Crippen LogP contribution in [0, 0.1) is 6.20 Å². The molecule has 0 saturated heterocycles. The molecule has 1 aromatic heterocycles. The lowest BCUT2D eigenvalue weighted by Gasteiger charge is -1.96. The Hall–Kier alpha value is -1.06. The van der Waals surface area contributed by atoms with Crippen molar-refractivity contribution in [1.29, 1.82) is 0 Å². The van der Waals surface area contributed by atoms with E-state index in [0.29, 0.717) is 0 Å². The maximum Gasteiger partial charge on any atom is 0.137 e. The molecule has 1 heterocycles. The molecule has 0 aliphatic heterocycles. The van der Waals surface area contributed by atoms with Crippen molar-refractivity contribution in [3.8, 4) is 0 Å². The van der Waals surface area contributed by atoms with Crippen LogP contribution in [0.5, 0.6) is 0 Å². The van der Waals surface area contributed by atoms with Crippen molar-refractivity contribution in [3.05, 3.63) is 12.4 Å². The van der Waals surface area contributed by atoms with Gasteiger partial charge in [0.2, 0.25) is 0 Å². The van der Waals surface area contributed by atoms with Gasteiger partial charge in [-0.1, -0.05) is 0 Å². The van der Waals surface area contributed by atoms with Gasteiger partial charge in [0.15, 0.2) is 0 Å². The lowest BCUT2D eigenvalue weighted by molar-refractivity contribution is 0.702. The molecule has 0 bridgehead atoms. The van der Waals surface area contributed by atoms with Crippen molar-refractivity contribution < 1.29 is 0 Å². The van der Waals surface area contributed by atoms with Crippen LogP contribution in [0.4, 0.5) is 0 Å². The van der Waals surface area contributed by atoms with Gasteiger partial charge in [-0.3, -0.25) is 0 Å². The van der Waals surface area contributed by atoms with Gasteiger partial charge in [-0.2, -0.15) is 4.79 Å². The molecule has 1 N–H and O–H groups in total. The van der Waals surface area contributed by atoms with E-state index in [9.17, 15) is 0 Å². The number of aromatic nitrogens is 3. The molecule has 0 aliphatic rings. The topological polar surface area (TPSA) is 42.7 Å². The molecule has 0 fully saturated rings. The van der Waals surface area contributed by atoms with E-state index in [1.165, 1.54) is 4.79 Å². The first kappa shape index (κ1) is 5.08. The van der Waals surface area contributed by atoms with Crippen LogP contribution in [0.1, 0.15) is 6.92 Å². The summed E-state index contributed by atoms with van der Waals surface area (Å²) in [5, 5.41) is 7.07. The summed E-state index contributed by atoms with van der Waals surface area (Å²) in [6.45, 7) is 2.83. The highest BCUT2D eigenvalue weighted by molar-refractivity contribution is 4.67. The van der Waals surface area contributed by atoms with Gasteiger partial charge >= 0.3 is 0 Å². The van der Waals surface area contributed by atoms with Crippen molar-refractivity contribution in [1.82, 2.24) is 15.1 Å². The predicted octanol–water partition coefficient (Wildman–Crippen LogP) is -0.358. The molecule has 1 radical (unpaired) electrons. The van der Waals surface area contributed by atoms with Crippen LogP contribution in [0.15, 0.2) is 6.20 Å². The highest BCUT2D eigenvalue weighted by Gasteiger charge is 1.81. The van der Waals surface area contributed by atoms with Gasteiger partial charge in [-0.15, -0.1) is 5.10 Å². The van der Waals surface area contributed by atoms with Crippen LogP contribution in [-0.2, 0) is 0 Å². The minimum absolute atomic E-state index is 0.844. The number of hydrogen-bond donors (Lipinski definition) is 1. The Morgan fingerprint density at radius 3 is 3.25 bits per heavy atom. The van der Waals surface area contributed by atoms with Gasteiger partial charge in [0, 0.05) is 6.54 Å². The first-order chi connectivity index (χ1) is 3.93. The molecule has 0 unspecified atom stereocenters. The van der Waals surface area contributed by atoms with Crippen LogP contribution in [0.25, 0.3) is 0 Å². The average Bonchev–Trinajstić information content (AvgIpc) is 2.19. The minimum atomic E-state index is 0.844. The zero-order valence-electron chi connectivity index (χ0n) is 4.63. The third-order valence-corrected chi connectivity index (χ3v) is 0.699. The van der Waals surface area contributed by atoms with Gasteiger partial charge in [0.25, 0.3) is 0 Å². The van der Waals surface area contributed by atoms with E-state index >= 15 is 0 Å². The average molecular weight is 111 g/mol. The molecule has 43 valence electrons. The van der Waals surface area contributed by atoms with Gasteiger partial charge in [-0.05, 0) is 12.1 Å². The first-order valence-electron chi connectivity index (χ1n) is 2.45. The fourth-order valence-electron chi connectivity index (χ4n) is 0.420. The first-order valence-corrected chi connectivity index (χ1v) is 2.45. The van der Waals surface area contributed by atoms with E-state index in [1.54, 1.807) is 6.20 Å². The summed E-state index contributed by atoms with van der Waals surface area (Å²) >= 11 is 0. The Kier molecular flexibility index (Phi) is 1.46. The summed E-state index contributed by atoms with van der Waals surface area (Å²) in [5.41, 5.74) is 2.90. The van der Waals surface area contributed by atoms with Crippen LogP contribution < -0.4 is 5.43 Å². The lowest BCUT2D eigenvalue weighted by Crippen LogP contribution is -2.13. The van der Waals surface area contributed by atoms with Crippen LogP contribution in [0.2, 0.25) is 0 Å². The van der Waals surface area contributed by atoms with Gasteiger partial charge in [0.05, 0.1) is 6.20 Å². The molecule has 1 aromatic rings. The summed E-state index contributed by atoms with van der Waals surface area (Å²) in [6, 6.07) is 0. The monoisotopic (exact) mass is 111 g/mol. The molecule has 8 heavy (non-hydrogen) atoms. The highest BCUT2D eigenvalue weighted by Crippen LogP contribution is 1.69. The molecule has 0 atom stereocenters. The second-order valence-corrected chi connectivity index (χ2v) is 1.30. The SMILES string of the molecule is CCNn1c[c]nn1. The normalized spacial score (nSPS) is 9.12. The lowest BCUT2D eigenvalue weighted by atomic mass is 10.8. The molecule has 0 spiro atoms. The van der Waals surface area contributed by atoms with E-state index in [-0.39, 0.29) is 0 Å². The highest BCUT2D eigenvalue weighted by atomic mass is 15.6. The Labute approximate surface area is 47.5 Å². The standard InChI is InChI=1S/C4H7N4/c1-2-6-8-4-3-5-7-8/h4,6H,2H2,1H3. The summed E-state index contributed by atoms with van der Waals surface area (Å²) in [5.74, 6) is 0. The van der Waals surface area contributed by atoms with Crippen molar-refractivity contribution in [2.45, 2.75) is 6.92 Å². The van der Waals surface area contributed by atoms with E-state index < -0.39 is 0 Å². The predicted molar refractivity (Wildman–Crippen MR) is 28.8 cm³/mol. The molecule has 1 rings (SSSR count). The van der Waals surface area contributed by atoms with E-state index in [0.717, 1.165) is 6.54 Å². The molecular weight excluding hydrogens is 104 g/mol. The number of nitrogens with one attached hydrogen (secondary N) is 1. The minimum Gasteiger partial charge on any atom is -0.309 e. The second kappa shape index (κ2) is 2.30. The third kappa shape index (κ3) is 0.959. The molecule has 4 heteroatoms. The summed E-state index contributed by atoms with van der Waals surface area (Å²) < 4.78 is 0. The molecule has 0 saturated carbocycles. The Morgan fingerprint density at radius 2 is 2.75 bits per heavy atom. The van der Waals surface area contributed by atoms with E-state index in [4.69, 9.17) is 0 Å². The van der Waals surface area contributed by atoms with E-state index in [1.807, 2.05) is 6.92 Å². The van der Waals surface area contributed by atoms with Crippen molar-refractivity contribution >= 4 is 0 Å². The summed E-state index contributed by atoms with van der Waals surface area (Å²) in [6.07, 6.45) is 4.18. The van der Waals surface area contributed by atoms with Crippen molar-refractivity contribution in [2.24, 2.45) is 0 Å². The Balaban J connectivity index is 2.50. The van der Waals surface area contributed by atoms with Gasteiger partial charge in [-0.25, -0.2) is 0 Å². The maximum absolute atomic E-state index is 3.61. The summed E-state index contributed by atoms with van der Waals surface area (Å²) in [7, 11) is 0. The molecule has 4 nitrogen and oxygen atoms in total. The number of hydrogen-bond acceptors (Lipinski definition) is 3. The molecule has 0 amide bonds.